The second-order valence-electron chi connectivity index (χ2n) is 11.3. The second kappa shape index (κ2) is 9.82. The van der Waals surface area contributed by atoms with Gasteiger partial charge in [0.15, 0.2) is 0 Å². The van der Waals surface area contributed by atoms with Crippen molar-refractivity contribution in [2.45, 2.75) is 0 Å². The molecule has 0 bridgehead atoms. The third-order valence-electron chi connectivity index (χ3n) is 8.76. The topological polar surface area (TPSA) is 22.8 Å². The van der Waals surface area contributed by atoms with E-state index in [1.54, 1.807) is 0 Å². The largest absolute Gasteiger partial charge is 0.309 e. The van der Waals surface area contributed by atoms with Gasteiger partial charge in [-0.25, -0.2) is 4.98 Å². The Labute approximate surface area is 254 Å². The summed E-state index contributed by atoms with van der Waals surface area (Å²) in [6, 6.07) is 56.5. The molecule has 6 aromatic carbocycles. The molecule has 0 aliphatic carbocycles. The summed E-state index contributed by atoms with van der Waals surface area (Å²) in [6.45, 7) is 0. The molecule has 0 aliphatic rings. The average molecular weight is 562 g/mol. The highest BCUT2D eigenvalue weighted by Crippen LogP contribution is 2.38. The van der Waals surface area contributed by atoms with E-state index in [0.717, 1.165) is 27.9 Å². The molecular weight excluding hydrogens is 534 g/mol. The van der Waals surface area contributed by atoms with Gasteiger partial charge in [-0.2, -0.15) is 0 Å². The van der Waals surface area contributed by atoms with Crippen molar-refractivity contribution in [3.8, 4) is 33.6 Å². The number of fused-ring (bicyclic) bond motifs is 6. The zero-order valence-corrected chi connectivity index (χ0v) is 23.9. The molecule has 206 valence electrons. The normalized spacial score (nSPS) is 11.6. The molecule has 0 atom stereocenters. The van der Waals surface area contributed by atoms with Crippen molar-refractivity contribution >= 4 is 43.7 Å². The molecule has 9 aromatic rings. The Hall–Kier alpha value is -5.93. The first-order valence-electron chi connectivity index (χ1n) is 15.0. The van der Waals surface area contributed by atoms with E-state index in [1.807, 2.05) is 12.3 Å². The van der Waals surface area contributed by atoms with Gasteiger partial charge in [0, 0.05) is 39.1 Å². The lowest BCUT2D eigenvalue weighted by Gasteiger charge is -2.11. The number of para-hydroxylation sites is 2. The van der Waals surface area contributed by atoms with E-state index < -0.39 is 0 Å². The quantitative estimate of drug-likeness (QED) is 0.210. The molecule has 0 saturated heterocycles. The van der Waals surface area contributed by atoms with Gasteiger partial charge in [-0.15, -0.1) is 0 Å². The molecule has 0 amide bonds. The number of benzene rings is 6. The van der Waals surface area contributed by atoms with Crippen LogP contribution in [0, 0.1) is 0 Å². The van der Waals surface area contributed by atoms with Gasteiger partial charge in [-0.1, -0.05) is 103 Å². The maximum Gasteiger partial charge on any atom is 0.145 e. The lowest BCUT2D eigenvalue weighted by atomic mass is 10.0. The predicted octanol–water partition coefficient (Wildman–Crippen LogP) is 10.6. The minimum atomic E-state index is 0.963. The second-order valence-corrected chi connectivity index (χ2v) is 11.3. The first kappa shape index (κ1) is 24.6. The van der Waals surface area contributed by atoms with E-state index >= 15 is 0 Å². The summed E-state index contributed by atoms with van der Waals surface area (Å²) in [5.41, 5.74) is 11.5. The molecule has 3 heteroatoms. The van der Waals surface area contributed by atoms with Gasteiger partial charge >= 0.3 is 0 Å². The van der Waals surface area contributed by atoms with E-state index in [9.17, 15) is 0 Å². The van der Waals surface area contributed by atoms with Gasteiger partial charge in [0.05, 0.1) is 16.6 Å². The monoisotopic (exact) mass is 561 g/mol. The fourth-order valence-electron chi connectivity index (χ4n) is 6.75. The van der Waals surface area contributed by atoms with Crippen molar-refractivity contribution in [1.29, 1.82) is 0 Å². The van der Waals surface area contributed by atoms with E-state index in [2.05, 4.69) is 161 Å². The number of nitrogens with zero attached hydrogens (tertiary/aromatic N) is 3. The Bertz CT molecular complexity index is 2480. The number of hydrogen-bond acceptors (Lipinski definition) is 1. The Morgan fingerprint density at radius 3 is 1.70 bits per heavy atom. The fourth-order valence-corrected chi connectivity index (χ4v) is 6.75. The molecule has 3 heterocycles. The molecule has 3 nitrogen and oxygen atoms in total. The highest BCUT2D eigenvalue weighted by atomic mass is 15.0. The minimum Gasteiger partial charge on any atom is -0.309 e. The minimum absolute atomic E-state index is 0.963. The van der Waals surface area contributed by atoms with Crippen LogP contribution in [0.5, 0.6) is 0 Å². The molecule has 44 heavy (non-hydrogen) atoms. The lowest BCUT2D eigenvalue weighted by molar-refractivity contribution is 1.14. The van der Waals surface area contributed by atoms with Crippen LogP contribution in [0.3, 0.4) is 0 Å². The summed E-state index contributed by atoms with van der Waals surface area (Å²) >= 11 is 0. The van der Waals surface area contributed by atoms with Crippen molar-refractivity contribution < 1.29 is 0 Å². The average Bonchev–Trinajstić information content (AvgIpc) is 3.61. The number of pyridine rings is 1. The smallest absolute Gasteiger partial charge is 0.145 e. The molecule has 0 spiro atoms. The molecule has 0 N–H and O–H groups in total. The molecule has 3 aromatic heterocycles. The highest BCUT2D eigenvalue weighted by Gasteiger charge is 2.17. The van der Waals surface area contributed by atoms with E-state index in [4.69, 9.17) is 4.98 Å². The predicted molar refractivity (Wildman–Crippen MR) is 184 cm³/mol. The maximum absolute atomic E-state index is 4.87. The maximum atomic E-state index is 4.87. The molecular formula is C41H27N3. The Morgan fingerprint density at radius 1 is 0.341 bits per heavy atom. The van der Waals surface area contributed by atoms with Crippen molar-refractivity contribution in [2.24, 2.45) is 0 Å². The van der Waals surface area contributed by atoms with E-state index in [-0.39, 0.29) is 0 Å². The van der Waals surface area contributed by atoms with Crippen LogP contribution >= 0.6 is 0 Å². The van der Waals surface area contributed by atoms with Crippen molar-refractivity contribution in [3.63, 3.8) is 0 Å². The third-order valence-corrected chi connectivity index (χ3v) is 8.76. The summed E-state index contributed by atoms with van der Waals surface area (Å²) in [7, 11) is 0. The first-order chi connectivity index (χ1) is 21.8. The van der Waals surface area contributed by atoms with Gasteiger partial charge < -0.3 is 4.57 Å². The standard InChI is InChI=1S/C41H27N3/c1-3-11-28(12-4-1)29-13-9-16-33(25-29)44-40-27-31(21-23-36(40)37-18-10-24-42-41(37)44)30-20-22-35-34-17-7-8-19-38(34)43(39(35)26-30)32-14-5-2-6-15-32/h1-27H. The van der Waals surface area contributed by atoms with Crippen LogP contribution in [0.25, 0.3) is 77.4 Å². The van der Waals surface area contributed by atoms with Crippen LogP contribution in [0.2, 0.25) is 0 Å². The summed E-state index contributed by atoms with van der Waals surface area (Å²) in [4.78, 5) is 4.87. The SMILES string of the molecule is c1ccc(-c2cccc(-n3c4cc(-c5ccc6c7ccccc7n(-c7ccccc7)c6c5)ccc4c4cccnc43)c2)cc1. The first-order valence-corrected chi connectivity index (χ1v) is 15.0. The number of rotatable bonds is 4. The molecule has 0 saturated carbocycles. The lowest BCUT2D eigenvalue weighted by Crippen LogP contribution is -1.96. The van der Waals surface area contributed by atoms with Crippen LogP contribution < -0.4 is 0 Å². The van der Waals surface area contributed by atoms with Crippen molar-refractivity contribution in [2.75, 3.05) is 0 Å². The molecule has 0 radical (unpaired) electrons. The van der Waals surface area contributed by atoms with Crippen LogP contribution in [-0.2, 0) is 0 Å². The van der Waals surface area contributed by atoms with Crippen LogP contribution in [-0.4, -0.2) is 14.1 Å². The molecule has 0 unspecified atom stereocenters. The van der Waals surface area contributed by atoms with Gasteiger partial charge in [-0.05, 0) is 76.9 Å². The Morgan fingerprint density at radius 2 is 0.909 bits per heavy atom. The van der Waals surface area contributed by atoms with Gasteiger partial charge in [0.1, 0.15) is 5.65 Å². The van der Waals surface area contributed by atoms with Gasteiger partial charge in [0.2, 0.25) is 0 Å². The zero-order valence-electron chi connectivity index (χ0n) is 23.9. The number of aromatic nitrogens is 3. The van der Waals surface area contributed by atoms with Crippen LogP contribution in [0.1, 0.15) is 0 Å². The van der Waals surface area contributed by atoms with Crippen molar-refractivity contribution in [3.05, 3.63) is 164 Å². The molecule has 9 rings (SSSR count). The van der Waals surface area contributed by atoms with E-state index in [1.165, 1.54) is 49.4 Å². The summed E-state index contributed by atoms with van der Waals surface area (Å²) in [5.74, 6) is 0. The Kier molecular flexibility index (Phi) is 5.50. The summed E-state index contributed by atoms with van der Waals surface area (Å²) in [5, 5.41) is 4.86. The highest BCUT2D eigenvalue weighted by molar-refractivity contribution is 6.11. The number of hydrogen-bond donors (Lipinski definition) is 0. The fraction of sp³-hybridized carbons (Fsp3) is 0. The van der Waals surface area contributed by atoms with Crippen LogP contribution in [0.4, 0.5) is 0 Å². The summed E-state index contributed by atoms with van der Waals surface area (Å²) < 4.78 is 4.68. The molecule has 0 aliphatic heterocycles. The van der Waals surface area contributed by atoms with Gasteiger partial charge in [0.25, 0.3) is 0 Å². The van der Waals surface area contributed by atoms with Crippen LogP contribution in [0.15, 0.2) is 164 Å². The Balaban J connectivity index is 1.27. The van der Waals surface area contributed by atoms with Gasteiger partial charge in [-0.3, -0.25) is 4.57 Å². The van der Waals surface area contributed by atoms with Crippen molar-refractivity contribution in [1.82, 2.24) is 14.1 Å². The zero-order chi connectivity index (χ0) is 29.0. The van der Waals surface area contributed by atoms with E-state index in [0.29, 0.717) is 0 Å². The summed E-state index contributed by atoms with van der Waals surface area (Å²) in [6.07, 6.45) is 1.88. The molecule has 0 fully saturated rings. The third kappa shape index (κ3) is 3.80.